The van der Waals surface area contributed by atoms with E-state index in [0.29, 0.717) is 12.3 Å². The topological polar surface area (TPSA) is 69.4 Å². The first-order valence-corrected chi connectivity index (χ1v) is 9.10. The zero-order chi connectivity index (χ0) is 19.9. The predicted octanol–water partition coefficient (Wildman–Crippen LogP) is 4.09. The molecule has 0 atom stereocenters. The lowest BCUT2D eigenvalue weighted by molar-refractivity contribution is -0.137. The van der Waals surface area contributed by atoms with Crippen LogP contribution in [0.3, 0.4) is 0 Å². The lowest BCUT2D eigenvalue weighted by Gasteiger charge is -2.07. The first kappa shape index (κ1) is 18.3. The van der Waals surface area contributed by atoms with Gasteiger partial charge in [-0.15, -0.1) is 0 Å². The molecule has 0 bridgehead atoms. The van der Waals surface area contributed by atoms with Crippen molar-refractivity contribution in [3.63, 3.8) is 0 Å². The fourth-order valence-electron chi connectivity index (χ4n) is 2.87. The van der Waals surface area contributed by atoms with Crippen LogP contribution in [0, 0.1) is 0 Å². The van der Waals surface area contributed by atoms with Gasteiger partial charge >= 0.3 is 5.97 Å². The molecular formula is C23H18N4O2. The summed E-state index contributed by atoms with van der Waals surface area (Å²) in [5.41, 5.74) is 2.33. The molecule has 0 aliphatic heterocycles. The number of nitrogens with zero attached hydrogens (tertiary/aromatic N) is 4. The monoisotopic (exact) mass is 382 g/mol. The second kappa shape index (κ2) is 8.75. The second-order valence-corrected chi connectivity index (χ2v) is 6.35. The molecule has 0 spiro atoms. The molecule has 4 rings (SSSR count). The van der Waals surface area contributed by atoms with Crippen molar-refractivity contribution in [2.75, 3.05) is 0 Å². The number of fused-ring (bicyclic) bond motifs is 1. The third-order valence-electron chi connectivity index (χ3n) is 4.32. The summed E-state index contributed by atoms with van der Waals surface area (Å²) in [6.07, 6.45) is 6.08. The van der Waals surface area contributed by atoms with E-state index in [4.69, 9.17) is 4.84 Å². The van der Waals surface area contributed by atoms with Crippen molar-refractivity contribution in [2.24, 2.45) is 5.16 Å². The van der Waals surface area contributed by atoms with Crippen LogP contribution < -0.4 is 0 Å². The first-order chi connectivity index (χ1) is 14.3. The average molecular weight is 382 g/mol. The normalized spacial score (nSPS) is 11.8. The van der Waals surface area contributed by atoms with Gasteiger partial charge in [0.1, 0.15) is 18.4 Å². The number of aromatic nitrogens is 3. The van der Waals surface area contributed by atoms with Gasteiger partial charge in [-0.3, -0.25) is 0 Å². The minimum absolute atomic E-state index is 0.327. The van der Waals surface area contributed by atoms with Gasteiger partial charge < -0.3 is 4.84 Å². The molecule has 1 aromatic heterocycles. The number of hydrogen-bond acceptors (Lipinski definition) is 5. The van der Waals surface area contributed by atoms with Gasteiger partial charge in [-0.1, -0.05) is 71.9 Å². The molecule has 0 saturated heterocycles. The van der Waals surface area contributed by atoms with Crippen LogP contribution in [0.5, 0.6) is 0 Å². The zero-order valence-corrected chi connectivity index (χ0v) is 15.6. The lowest BCUT2D eigenvalue weighted by Crippen LogP contribution is -2.13. The van der Waals surface area contributed by atoms with Crippen molar-refractivity contribution in [1.29, 1.82) is 0 Å². The highest BCUT2D eigenvalue weighted by Crippen LogP contribution is 2.17. The molecule has 6 nitrogen and oxygen atoms in total. The number of carbonyl (C=O) groups is 1. The molecule has 4 aromatic rings. The number of carbonyl (C=O) groups excluding carboxylic acids is 1. The fraction of sp³-hybridized carbons (Fsp3) is 0.0435. The van der Waals surface area contributed by atoms with E-state index in [1.54, 1.807) is 17.1 Å². The summed E-state index contributed by atoms with van der Waals surface area (Å²) in [5.74, 6) is -0.550. The Bertz CT molecular complexity index is 1170. The molecule has 1 heterocycles. The van der Waals surface area contributed by atoms with Gasteiger partial charge in [0.2, 0.25) is 0 Å². The average Bonchev–Trinajstić information content (AvgIpc) is 3.29. The molecule has 29 heavy (non-hydrogen) atoms. The van der Waals surface area contributed by atoms with Crippen molar-refractivity contribution in [1.82, 2.24) is 14.8 Å². The predicted molar refractivity (Wildman–Crippen MR) is 112 cm³/mol. The maximum absolute atomic E-state index is 12.1. The molecule has 0 amide bonds. The molecule has 0 unspecified atom stereocenters. The van der Waals surface area contributed by atoms with Crippen LogP contribution in [-0.2, 0) is 16.2 Å². The van der Waals surface area contributed by atoms with Crippen molar-refractivity contribution in [3.05, 3.63) is 103 Å². The van der Waals surface area contributed by atoms with E-state index in [1.165, 1.54) is 12.4 Å². The molecule has 0 radical (unpaired) electrons. The first-order valence-electron chi connectivity index (χ1n) is 9.10. The highest BCUT2D eigenvalue weighted by Gasteiger charge is 2.09. The van der Waals surface area contributed by atoms with Crippen LogP contribution in [0.1, 0.15) is 11.1 Å². The minimum atomic E-state index is -0.550. The van der Waals surface area contributed by atoms with Gasteiger partial charge in [-0.2, -0.15) is 5.10 Å². The van der Waals surface area contributed by atoms with Gasteiger partial charge in [-0.25, -0.2) is 14.5 Å². The van der Waals surface area contributed by atoms with Gasteiger partial charge in [-0.05, 0) is 28.5 Å². The van der Waals surface area contributed by atoms with Crippen LogP contribution in [0.2, 0.25) is 0 Å². The summed E-state index contributed by atoms with van der Waals surface area (Å²) >= 11 is 0. The van der Waals surface area contributed by atoms with E-state index in [0.717, 1.165) is 21.9 Å². The van der Waals surface area contributed by atoms with Crippen LogP contribution in [-0.4, -0.2) is 26.4 Å². The highest BCUT2D eigenvalue weighted by molar-refractivity contribution is 6.03. The summed E-state index contributed by atoms with van der Waals surface area (Å²) in [5, 5.41) is 10.4. The molecule has 0 aliphatic carbocycles. The van der Waals surface area contributed by atoms with Crippen LogP contribution >= 0.6 is 0 Å². The van der Waals surface area contributed by atoms with Crippen LogP contribution in [0.25, 0.3) is 16.8 Å². The largest absolute Gasteiger partial charge is 0.358 e. The van der Waals surface area contributed by atoms with E-state index in [9.17, 15) is 4.79 Å². The highest BCUT2D eigenvalue weighted by atomic mass is 16.7. The maximum Gasteiger partial charge on any atom is 0.358 e. The molecule has 142 valence electrons. The van der Waals surface area contributed by atoms with E-state index in [1.807, 2.05) is 72.8 Å². The third-order valence-corrected chi connectivity index (χ3v) is 4.32. The number of oxime groups is 1. The number of hydrogen-bond donors (Lipinski definition) is 0. The van der Waals surface area contributed by atoms with Gasteiger partial charge in [0, 0.05) is 11.6 Å². The Morgan fingerprint density at radius 2 is 1.79 bits per heavy atom. The summed E-state index contributed by atoms with van der Waals surface area (Å²) < 4.78 is 1.63. The molecule has 0 saturated carbocycles. The molecular weight excluding hydrogens is 364 g/mol. The Morgan fingerprint density at radius 3 is 2.59 bits per heavy atom. The Labute approximate surface area is 167 Å². The van der Waals surface area contributed by atoms with Crippen molar-refractivity contribution in [2.45, 2.75) is 6.54 Å². The lowest BCUT2D eigenvalue weighted by atomic mass is 10.0. The van der Waals surface area contributed by atoms with E-state index in [-0.39, 0.29) is 0 Å². The van der Waals surface area contributed by atoms with Crippen molar-refractivity contribution < 1.29 is 9.63 Å². The minimum Gasteiger partial charge on any atom is -0.313 e. The Morgan fingerprint density at radius 1 is 1.00 bits per heavy atom. The Kier molecular flexibility index (Phi) is 5.53. The second-order valence-electron chi connectivity index (χ2n) is 6.35. The SMILES string of the molecule is O=C(/C=C/c1ccccc1)O/N=C(\Cn1cncn1)c1ccc2ccccc2c1. The Balaban J connectivity index is 1.57. The van der Waals surface area contributed by atoms with E-state index >= 15 is 0 Å². The summed E-state index contributed by atoms with van der Waals surface area (Å²) in [6.45, 7) is 0.327. The molecule has 0 fully saturated rings. The van der Waals surface area contributed by atoms with Crippen LogP contribution in [0.15, 0.2) is 96.7 Å². The van der Waals surface area contributed by atoms with E-state index in [2.05, 4.69) is 15.2 Å². The Hall–Kier alpha value is -4.06. The quantitative estimate of drug-likeness (QED) is 0.218. The van der Waals surface area contributed by atoms with E-state index < -0.39 is 5.97 Å². The summed E-state index contributed by atoms with van der Waals surface area (Å²) in [6, 6.07) is 23.5. The zero-order valence-electron chi connectivity index (χ0n) is 15.6. The molecule has 3 aromatic carbocycles. The molecule has 0 N–H and O–H groups in total. The van der Waals surface area contributed by atoms with Crippen molar-refractivity contribution >= 4 is 28.5 Å². The standard InChI is InChI=1S/C23H18N4O2/c28-23(13-10-18-6-2-1-3-7-18)29-26-22(15-27-17-24-16-25-27)21-12-11-19-8-4-5-9-20(19)14-21/h1-14,16-17H,15H2/b13-10+,26-22+. The van der Waals surface area contributed by atoms with Gasteiger partial charge in [0.15, 0.2) is 0 Å². The molecule has 0 aliphatic rings. The fourth-order valence-corrected chi connectivity index (χ4v) is 2.87. The summed E-state index contributed by atoms with van der Waals surface area (Å²) in [7, 11) is 0. The number of rotatable bonds is 6. The summed E-state index contributed by atoms with van der Waals surface area (Å²) in [4.78, 5) is 21.2. The molecule has 6 heteroatoms. The third kappa shape index (κ3) is 4.81. The van der Waals surface area contributed by atoms with Gasteiger partial charge in [0.25, 0.3) is 0 Å². The smallest absolute Gasteiger partial charge is 0.313 e. The van der Waals surface area contributed by atoms with Gasteiger partial charge in [0.05, 0.1) is 6.54 Å². The number of benzene rings is 3. The maximum atomic E-state index is 12.1. The van der Waals surface area contributed by atoms with Crippen molar-refractivity contribution in [3.8, 4) is 0 Å². The van der Waals surface area contributed by atoms with Crippen LogP contribution in [0.4, 0.5) is 0 Å².